The molecule has 1 N–H and O–H groups in total. The second-order valence-corrected chi connectivity index (χ2v) is 9.28. The third-order valence-corrected chi connectivity index (χ3v) is 7.12. The first-order valence-electron chi connectivity index (χ1n) is 12.2. The average Bonchev–Trinajstić information content (AvgIpc) is 3.20. The van der Waals surface area contributed by atoms with Gasteiger partial charge in [-0.3, -0.25) is 4.79 Å². The molecule has 0 unspecified atom stereocenters. The van der Waals surface area contributed by atoms with Crippen LogP contribution in [-0.2, 0) is 24.2 Å². The Balaban J connectivity index is 1.44. The van der Waals surface area contributed by atoms with E-state index in [4.69, 9.17) is 26.1 Å². The van der Waals surface area contributed by atoms with Crippen molar-refractivity contribution < 1.29 is 14.3 Å². The molecule has 0 fully saturated rings. The summed E-state index contributed by atoms with van der Waals surface area (Å²) >= 11 is 6.60. The first-order valence-corrected chi connectivity index (χ1v) is 12.6. The van der Waals surface area contributed by atoms with Crippen molar-refractivity contribution in [1.82, 2.24) is 9.97 Å². The van der Waals surface area contributed by atoms with Crippen molar-refractivity contribution in [1.29, 1.82) is 0 Å². The van der Waals surface area contributed by atoms with Gasteiger partial charge in [0.05, 0.1) is 25.6 Å². The van der Waals surface area contributed by atoms with Gasteiger partial charge in [0.25, 0.3) is 0 Å². The molecule has 36 heavy (non-hydrogen) atoms. The predicted octanol–water partition coefficient (Wildman–Crippen LogP) is 5.14. The summed E-state index contributed by atoms with van der Waals surface area (Å²) < 4.78 is 11.1. The highest BCUT2D eigenvalue weighted by atomic mass is 35.5. The summed E-state index contributed by atoms with van der Waals surface area (Å²) in [4.78, 5) is 26.0. The molecule has 8 nitrogen and oxygen atoms in total. The average molecular weight is 508 g/mol. The lowest BCUT2D eigenvalue weighted by Crippen LogP contribution is -2.29. The number of fused-ring (bicyclic) bond motifs is 2. The first kappa shape index (κ1) is 24.2. The van der Waals surface area contributed by atoms with Gasteiger partial charge in [-0.15, -0.1) is 0 Å². The quantitative estimate of drug-likeness (QED) is 0.443. The van der Waals surface area contributed by atoms with Crippen LogP contribution in [0.4, 0.5) is 23.1 Å². The van der Waals surface area contributed by atoms with Crippen molar-refractivity contribution in [2.45, 2.75) is 39.2 Å². The lowest BCUT2D eigenvalue weighted by Gasteiger charge is -2.24. The highest BCUT2D eigenvalue weighted by molar-refractivity contribution is 6.30. The first-order chi connectivity index (χ1) is 17.5. The number of hydrogen-bond acceptors (Lipinski definition) is 7. The fourth-order valence-corrected chi connectivity index (χ4v) is 5.29. The monoisotopic (exact) mass is 507 g/mol. The zero-order valence-electron chi connectivity index (χ0n) is 20.8. The number of anilines is 4. The molecule has 0 aliphatic carbocycles. The van der Waals surface area contributed by atoms with E-state index < -0.39 is 0 Å². The number of aromatic nitrogens is 2. The zero-order chi connectivity index (χ0) is 25.2. The summed E-state index contributed by atoms with van der Waals surface area (Å²) in [5, 5.41) is 3.78. The number of ether oxygens (including phenoxy) is 2. The molecule has 188 valence electrons. The van der Waals surface area contributed by atoms with Gasteiger partial charge in [0.1, 0.15) is 22.5 Å². The Morgan fingerprint density at radius 2 is 1.81 bits per heavy atom. The molecule has 5 rings (SSSR count). The van der Waals surface area contributed by atoms with Crippen molar-refractivity contribution in [3.05, 3.63) is 58.2 Å². The van der Waals surface area contributed by atoms with Crippen molar-refractivity contribution in [3.63, 3.8) is 0 Å². The number of benzene rings is 2. The van der Waals surface area contributed by atoms with Crippen LogP contribution in [0.1, 0.15) is 36.5 Å². The van der Waals surface area contributed by atoms with Gasteiger partial charge >= 0.3 is 0 Å². The molecule has 3 aromatic rings. The summed E-state index contributed by atoms with van der Waals surface area (Å²) in [5.74, 6) is 2.93. The Morgan fingerprint density at radius 1 is 1.00 bits per heavy atom. The van der Waals surface area contributed by atoms with Crippen molar-refractivity contribution in [2.75, 3.05) is 42.4 Å². The van der Waals surface area contributed by atoms with Crippen molar-refractivity contribution in [2.24, 2.45) is 0 Å². The largest absolute Gasteiger partial charge is 0.497 e. The predicted molar refractivity (Wildman–Crippen MR) is 142 cm³/mol. The number of carbonyl (C=O) groups excluding carboxylic acids is 1. The lowest BCUT2D eigenvalue weighted by atomic mass is 10.0. The van der Waals surface area contributed by atoms with E-state index in [1.807, 2.05) is 36.1 Å². The van der Waals surface area contributed by atoms with E-state index in [1.165, 1.54) is 0 Å². The topological polar surface area (TPSA) is 79.8 Å². The molecule has 0 atom stereocenters. The van der Waals surface area contributed by atoms with Crippen LogP contribution in [0.25, 0.3) is 0 Å². The Morgan fingerprint density at radius 3 is 2.53 bits per heavy atom. The number of amides is 1. The van der Waals surface area contributed by atoms with Gasteiger partial charge in [0.15, 0.2) is 0 Å². The summed E-state index contributed by atoms with van der Waals surface area (Å²) in [6.45, 7) is 4.15. The Kier molecular flexibility index (Phi) is 6.87. The van der Waals surface area contributed by atoms with Crippen LogP contribution in [0.5, 0.6) is 11.5 Å². The van der Waals surface area contributed by atoms with E-state index in [9.17, 15) is 4.79 Å². The molecule has 0 spiro atoms. The Hall–Kier alpha value is -3.52. The number of nitrogens with zero attached hydrogens (tertiary/aromatic N) is 4. The van der Waals surface area contributed by atoms with Crippen LogP contribution < -0.4 is 24.6 Å². The molecular weight excluding hydrogens is 478 g/mol. The number of hydrogen-bond donors (Lipinski definition) is 1. The smallest absolute Gasteiger partial charge is 0.230 e. The molecule has 1 aromatic heterocycles. The second-order valence-electron chi connectivity index (χ2n) is 8.92. The number of rotatable bonds is 7. The zero-order valence-corrected chi connectivity index (χ0v) is 21.6. The minimum atomic E-state index is 0.143. The van der Waals surface area contributed by atoms with Gasteiger partial charge in [-0.05, 0) is 56.0 Å². The van der Waals surface area contributed by atoms with Crippen LogP contribution in [0.15, 0.2) is 36.4 Å². The molecule has 2 aliphatic rings. The van der Waals surface area contributed by atoms with Gasteiger partial charge < -0.3 is 24.6 Å². The maximum atomic E-state index is 12.5. The van der Waals surface area contributed by atoms with E-state index in [0.29, 0.717) is 36.4 Å². The van der Waals surface area contributed by atoms with Crippen molar-refractivity contribution in [3.8, 4) is 11.5 Å². The minimum absolute atomic E-state index is 0.143. The van der Waals surface area contributed by atoms with E-state index in [1.54, 1.807) is 14.2 Å². The van der Waals surface area contributed by atoms with Gasteiger partial charge in [-0.25, -0.2) is 4.98 Å². The summed E-state index contributed by atoms with van der Waals surface area (Å²) in [6.07, 6.45) is 2.87. The number of methoxy groups -OCH3 is 2. The maximum Gasteiger partial charge on any atom is 0.230 e. The third kappa shape index (κ3) is 4.53. The molecule has 9 heteroatoms. The molecule has 2 aromatic carbocycles. The van der Waals surface area contributed by atoms with Gasteiger partial charge in [0.2, 0.25) is 11.9 Å². The standard InChI is InChI=1S/C27H30ClN5O3/c1-4-33-22-13-12-21(24(36-3)19(22)6-5-7-23(33)34)29-27-30-25(28)20-14-15-32(26(20)31-27)16-17-8-10-18(35-2)11-9-17/h8-13H,4-7,14-16H2,1-3H3,(H,29,30,31). The van der Waals surface area contributed by atoms with E-state index in [0.717, 1.165) is 65.4 Å². The molecule has 2 aliphatic heterocycles. The second kappa shape index (κ2) is 10.2. The van der Waals surface area contributed by atoms with Crippen LogP contribution in [0.3, 0.4) is 0 Å². The molecule has 0 saturated carbocycles. The summed E-state index contributed by atoms with van der Waals surface area (Å²) in [5.41, 5.74) is 4.79. The van der Waals surface area contributed by atoms with Crippen molar-refractivity contribution >= 4 is 40.6 Å². The van der Waals surface area contributed by atoms with Crippen LogP contribution in [0.2, 0.25) is 5.15 Å². The van der Waals surface area contributed by atoms with E-state index >= 15 is 0 Å². The van der Waals surface area contributed by atoms with E-state index in [2.05, 4.69) is 27.3 Å². The van der Waals surface area contributed by atoms with Gasteiger partial charge in [0, 0.05) is 37.2 Å². The molecule has 0 saturated heterocycles. The fourth-order valence-electron chi connectivity index (χ4n) is 5.03. The molecular formula is C27H30ClN5O3. The lowest BCUT2D eigenvalue weighted by molar-refractivity contribution is -0.118. The van der Waals surface area contributed by atoms with Gasteiger partial charge in [-0.1, -0.05) is 23.7 Å². The summed E-state index contributed by atoms with van der Waals surface area (Å²) in [7, 11) is 3.31. The Bertz CT molecular complexity index is 1280. The third-order valence-electron chi connectivity index (χ3n) is 6.81. The molecule has 3 heterocycles. The number of halogens is 1. The van der Waals surface area contributed by atoms with Gasteiger partial charge in [-0.2, -0.15) is 4.98 Å². The molecule has 1 amide bonds. The normalized spacial score (nSPS) is 14.8. The fraction of sp³-hybridized carbons (Fsp3) is 0.370. The minimum Gasteiger partial charge on any atom is -0.497 e. The highest BCUT2D eigenvalue weighted by Gasteiger charge is 2.27. The van der Waals surface area contributed by atoms with Crippen LogP contribution in [0, 0.1) is 0 Å². The Labute approximate surface area is 216 Å². The number of carbonyl (C=O) groups is 1. The summed E-state index contributed by atoms with van der Waals surface area (Å²) in [6, 6.07) is 11.9. The maximum absolute atomic E-state index is 12.5. The van der Waals surface area contributed by atoms with Crippen LogP contribution in [-0.4, -0.2) is 43.2 Å². The van der Waals surface area contributed by atoms with Crippen LogP contribution >= 0.6 is 11.6 Å². The molecule has 0 radical (unpaired) electrons. The highest BCUT2D eigenvalue weighted by Crippen LogP contribution is 2.41. The number of nitrogens with one attached hydrogen (secondary N) is 1. The van der Waals surface area contributed by atoms with E-state index in [-0.39, 0.29) is 5.91 Å². The SMILES string of the molecule is CCN1C(=O)CCCc2c1ccc(Nc1nc(Cl)c3c(n1)N(Cc1ccc(OC)cc1)CC3)c2OC. The molecule has 0 bridgehead atoms.